The van der Waals surface area contributed by atoms with Crippen molar-refractivity contribution in [1.82, 2.24) is 4.57 Å². The molecule has 0 saturated carbocycles. The number of hydrogen-bond acceptors (Lipinski definition) is 2. The third kappa shape index (κ3) is 2.37. The highest BCUT2D eigenvalue weighted by Gasteiger charge is 2.01. The molecule has 1 heterocycles. The van der Waals surface area contributed by atoms with Gasteiger partial charge in [-0.25, -0.2) is 0 Å². The molecule has 0 bridgehead atoms. The molecule has 0 aliphatic heterocycles. The van der Waals surface area contributed by atoms with Crippen LogP contribution in [0.15, 0.2) is 42.7 Å². The van der Waals surface area contributed by atoms with Crippen molar-refractivity contribution in [3.05, 3.63) is 48.3 Å². The summed E-state index contributed by atoms with van der Waals surface area (Å²) in [7, 11) is 1.94. The van der Waals surface area contributed by atoms with E-state index < -0.39 is 0 Å². The van der Waals surface area contributed by atoms with Gasteiger partial charge in [-0.05, 0) is 42.3 Å². The molecular formula is C13H17N3. The second-order valence-electron chi connectivity index (χ2n) is 3.84. The van der Waals surface area contributed by atoms with Crippen LogP contribution in [-0.2, 0) is 13.0 Å². The molecule has 1 aromatic heterocycles. The number of hydrogen-bond donors (Lipinski definition) is 2. The van der Waals surface area contributed by atoms with E-state index in [2.05, 4.69) is 22.3 Å². The summed E-state index contributed by atoms with van der Waals surface area (Å²) in [6, 6.07) is 10.1. The number of aromatic nitrogens is 1. The van der Waals surface area contributed by atoms with Gasteiger partial charge >= 0.3 is 0 Å². The van der Waals surface area contributed by atoms with Gasteiger partial charge in [-0.2, -0.15) is 0 Å². The van der Waals surface area contributed by atoms with Crippen molar-refractivity contribution in [2.45, 2.75) is 13.0 Å². The van der Waals surface area contributed by atoms with Gasteiger partial charge in [-0.15, -0.1) is 0 Å². The average molecular weight is 215 g/mol. The van der Waals surface area contributed by atoms with Crippen LogP contribution in [0.2, 0.25) is 0 Å². The number of anilines is 2. The Balaban J connectivity index is 2.11. The first kappa shape index (κ1) is 10.6. The fourth-order valence-corrected chi connectivity index (χ4v) is 1.83. The smallest absolute Gasteiger partial charge is 0.0372 e. The Morgan fingerprint density at radius 1 is 1.25 bits per heavy atom. The molecule has 0 radical (unpaired) electrons. The molecule has 3 nitrogen and oxygen atoms in total. The van der Waals surface area contributed by atoms with Gasteiger partial charge in [0.05, 0.1) is 0 Å². The summed E-state index contributed by atoms with van der Waals surface area (Å²) >= 11 is 0. The molecule has 0 fully saturated rings. The summed E-state index contributed by atoms with van der Waals surface area (Å²) in [6.45, 7) is 0.977. The van der Waals surface area contributed by atoms with Gasteiger partial charge in [0.1, 0.15) is 0 Å². The predicted octanol–water partition coefficient (Wildman–Crippen LogP) is 2.35. The van der Waals surface area contributed by atoms with E-state index in [-0.39, 0.29) is 0 Å². The van der Waals surface area contributed by atoms with Crippen LogP contribution < -0.4 is 11.1 Å². The highest BCUT2D eigenvalue weighted by Crippen LogP contribution is 2.19. The monoisotopic (exact) mass is 215 g/mol. The number of aryl methyl sites for hydroxylation is 2. The molecule has 3 N–H and O–H groups in total. The average Bonchev–Trinajstić information content (AvgIpc) is 2.79. The minimum atomic E-state index is 0.821. The van der Waals surface area contributed by atoms with Gasteiger partial charge in [-0.1, -0.05) is 0 Å². The zero-order chi connectivity index (χ0) is 11.4. The van der Waals surface area contributed by atoms with Crippen LogP contribution in [0.5, 0.6) is 0 Å². The normalized spacial score (nSPS) is 10.3. The lowest BCUT2D eigenvalue weighted by molar-refractivity contribution is 0.702. The van der Waals surface area contributed by atoms with Crippen LogP contribution in [0.4, 0.5) is 11.4 Å². The molecule has 0 amide bonds. The Labute approximate surface area is 95.9 Å². The lowest BCUT2D eigenvalue weighted by Gasteiger charge is -2.10. The van der Waals surface area contributed by atoms with E-state index in [0.29, 0.717) is 0 Å². The van der Waals surface area contributed by atoms with Gasteiger partial charge in [-0.3, -0.25) is 0 Å². The van der Waals surface area contributed by atoms with Crippen molar-refractivity contribution >= 4 is 11.4 Å². The van der Waals surface area contributed by atoms with E-state index in [1.165, 1.54) is 5.56 Å². The zero-order valence-electron chi connectivity index (χ0n) is 9.48. The molecular weight excluding hydrogens is 198 g/mol. The molecule has 1 aromatic carbocycles. The molecule has 16 heavy (non-hydrogen) atoms. The van der Waals surface area contributed by atoms with Gasteiger partial charge < -0.3 is 15.6 Å². The number of nitrogen functional groups attached to an aromatic ring is 1. The van der Waals surface area contributed by atoms with Crippen molar-refractivity contribution in [1.29, 1.82) is 0 Å². The van der Waals surface area contributed by atoms with Gasteiger partial charge in [0.15, 0.2) is 0 Å². The maximum absolute atomic E-state index is 5.80. The molecule has 3 heteroatoms. The first-order chi connectivity index (χ1) is 7.79. The maximum atomic E-state index is 5.80. The Morgan fingerprint density at radius 2 is 2.00 bits per heavy atom. The van der Waals surface area contributed by atoms with Crippen LogP contribution in [0.3, 0.4) is 0 Å². The van der Waals surface area contributed by atoms with E-state index in [0.717, 1.165) is 24.3 Å². The highest BCUT2D eigenvalue weighted by molar-refractivity contribution is 5.57. The predicted molar refractivity (Wildman–Crippen MR) is 68.5 cm³/mol. The number of nitrogens with one attached hydrogen (secondary N) is 1. The molecule has 0 aliphatic rings. The SMILES string of the molecule is CNc1ccc(N)cc1CCn1cccc1. The number of benzene rings is 1. The third-order valence-corrected chi connectivity index (χ3v) is 2.70. The number of nitrogens with zero attached hydrogens (tertiary/aromatic N) is 1. The van der Waals surface area contributed by atoms with Gasteiger partial charge in [0.2, 0.25) is 0 Å². The Morgan fingerprint density at radius 3 is 2.69 bits per heavy atom. The highest BCUT2D eigenvalue weighted by atomic mass is 14.9. The van der Waals surface area contributed by atoms with Crippen molar-refractivity contribution in [2.75, 3.05) is 18.1 Å². The topological polar surface area (TPSA) is 43.0 Å². The third-order valence-electron chi connectivity index (χ3n) is 2.70. The second kappa shape index (κ2) is 4.75. The largest absolute Gasteiger partial charge is 0.399 e. The quantitative estimate of drug-likeness (QED) is 0.769. The Kier molecular flexibility index (Phi) is 3.15. The maximum Gasteiger partial charge on any atom is 0.0372 e. The second-order valence-corrected chi connectivity index (χ2v) is 3.84. The molecule has 0 saturated heterocycles. The van der Waals surface area contributed by atoms with Crippen molar-refractivity contribution in [3.63, 3.8) is 0 Å². The van der Waals surface area contributed by atoms with Crippen LogP contribution in [0, 0.1) is 0 Å². The zero-order valence-corrected chi connectivity index (χ0v) is 9.48. The summed E-state index contributed by atoms with van der Waals surface area (Å²) in [4.78, 5) is 0. The summed E-state index contributed by atoms with van der Waals surface area (Å²) in [5, 5.41) is 3.19. The van der Waals surface area contributed by atoms with Crippen molar-refractivity contribution < 1.29 is 0 Å². The van der Waals surface area contributed by atoms with Crippen molar-refractivity contribution in [2.24, 2.45) is 0 Å². The lowest BCUT2D eigenvalue weighted by Crippen LogP contribution is -2.02. The standard InChI is InChI=1S/C13H17N3/c1-15-13-5-4-12(14)10-11(13)6-9-16-7-2-3-8-16/h2-5,7-8,10,15H,6,9,14H2,1H3. The molecule has 0 atom stereocenters. The van der Waals surface area contributed by atoms with E-state index in [4.69, 9.17) is 5.73 Å². The molecule has 84 valence electrons. The van der Waals surface area contributed by atoms with Crippen LogP contribution in [0.25, 0.3) is 0 Å². The molecule has 2 rings (SSSR count). The molecule has 0 spiro atoms. The molecule has 2 aromatic rings. The minimum absolute atomic E-state index is 0.821. The fraction of sp³-hybridized carbons (Fsp3) is 0.231. The van der Waals surface area contributed by atoms with E-state index in [1.807, 2.05) is 37.4 Å². The molecule has 0 unspecified atom stereocenters. The van der Waals surface area contributed by atoms with Crippen LogP contribution >= 0.6 is 0 Å². The van der Waals surface area contributed by atoms with Gasteiger partial charge in [0, 0.05) is 37.4 Å². The van der Waals surface area contributed by atoms with Crippen LogP contribution in [-0.4, -0.2) is 11.6 Å². The lowest BCUT2D eigenvalue weighted by atomic mass is 10.1. The van der Waals surface area contributed by atoms with Crippen molar-refractivity contribution in [3.8, 4) is 0 Å². The minimum Gasteiger partial charge on any atom is -0.399 e. The summed E-state index contributed by atoms with van der Waals surface area (Å²) in [5.74, 6) is 0. The first-order valence-electron chi connectivity index (χ1n) is 5.46. The van der Waals surface area contributed by atoms with E-state index >= 15 is 0 Å². The first-order valence-corrected chi connectivity index (χ1v) is 5.46. The fourth-order valence-electron chi connectivity index (χ4n) is 1.83. The summed E-state index contributed by atoms with van der Waals surface area (Å²) in [5.41, 5.74) is 9.03. The summed E-state index contributed by atoms with van der Waals surface area (Å²) < 4.78 is 2.17. The van der Waals surface area contributed by atoms with Crippen LogP contribution in [0.1, 0.15) is 5.56 Å². The van der Waals surface area contributed by atoms with E-state index in [1.54, 1.807) is 0 Å². The Hall–Kier alpha value is -1.90. The Bertz CT molecular complexity index is 446. The number of rotatable bonds is 4. The summed E-state index contributed by atoms with van der Waals surface area (Å²) in [6.07, 6.45) is 5.13. The van der Waals surface area contributed by atoms with Gasteiger partial charge in [0.25, 0.3) is 0 Å². The van der Waals surface area contributed by atoms with E-state index in [9.17, 15) is 0 Å². The number of nitrogens with two attached hydrogens (primary N) is 1. The molecule has 0 aliphatic carbocycles.